The van der Waals surface area contributed by atoms with Gasteiger partial charge in [0.05, 0.1) is 12.8 Å². The number of hydrogen-bond acceptors (Lipinski definition) is 4. The second-order valence-corrected chi connectivity index (χ2v) is 6.29. The Kier molecular flexibility index (Phi) is 5.61. The van der Waals surface area contributed by atoms with Gasteiger partial charge in [-0.3, -0.25) is 4.90 Å². The van der Waals surface area contributed by atoms with Crippen molar-refractivity contribution in [1.29, 1.82) is 0 Å². The monoisotopic (exact) mass is 302 g/mol. The van der Waals surface area contributed by atoms with Gasteiger partial charge in [-0.2, -0.15) is 0 Å². The third-order valence-corrected chi connectivity index (χ3v) is 3.58. The van der Waals surface area contributed by atoms with Crippen molar-refractivity contribution in [2.45, 2.75) is 40.3 Å². The fourth-order valence-corrected chi connectivity index (χ4v) is 2.38. The maximum absolute atomic E-state index is 5.63. The van der Waals surface area contributed by atoms with E-state index in [4.69, 9.17) is 9.15 Å². The van der Waals surface area contributed by atoms with Crippen molar-refractivity contribution in [1.82, 2.24) is 9.88 Å². The molecule has 0 atom stereocenters. The van der Waals surface area contributed by atoms with Gasteiger partial charge in [-0.25, -0.2) is 4.98 Å². The van der Waals surface area contributed by atoms with Crippen LogP contribution in [0.3, 0.4) is 0 Å². The lowest BCUT2D eigenvalue weighted by molar-refractivity contribution is 0.187. The molecule has 0 spiro atoms. The van der Waals surface area contributed by atoms with Crippen molar-refractivity contribution < 1.29 is 9.15 Å². The first-order valence-electron chi connectivity index (χ1n) is 7.82. The minimum absolute atomic E-state index is 0.489. The minimum Gasteiger partial charge on any atom is -0.497 e. The number of hydrogen-bond donors (Lipinski definition) is 0. The van der Waals surface area contributed by atoms with Gasteiger partial charge in [0.1, 0.15) is 12.0 Å². The number of rotatable bonds is 7. The summed E-state index contributed by atoms with van der Waals surface area (Å²) in [5, 5.41) is 0. The van der Waals surface area contributed by atoms with Gasteiger partial charge in [-0.15, -0.1) is 0 Å². The lowest BCUT2D eigenvalue weighted by atomic mass is 10.1. The lowest BCUT2D eigenvalue weighted by Crippen LogP contribution is -2.33. The van der Waals surface area contributed by atoms with Crippen LogP contribution in [0.25, 0.3) is 11.5 Å². The number of benzene rings is 1. The smallest absolute Gasteiger partial charge is 0.226 e. The average Bonchev–Trinajstić information content (AvgIpc) is 2.94. The molecule has 4 heteroatoms. The van der Waals surface area contributed by atoms with Gasteiger partial charge in [-0.05, 0) is 44.0 Å². The summed E-state index contributed by atoms with van der Waals surface area (Å²) in [7, 11) is 1.66. The molecule has 120 valence electrons. The minimum atomic E-state index is 0.489. The fourth-order valence-electron chi connectivity index (χ4n) is 2.38. The summed E-state index contributed by atoms with van der Waals surface area (Å²) in [4.78, 5) is 7.03. The van der Waals surface area contributed by atoms with Gasteiger partial charge >= 0.3 is 0 Å². The van der Waals surface area contributed by atoms with Gasteiger partial charge < -0.3 is 9.15 Å². The molecular weight excluding hydrogens is 276 g/mol. The van der Waals surface area contributed by atoms with E-state index in [1.807, 2.05) is 24.3 Å². The van der Waals surface area contributed by atoms with Crippen molar-refractivity contribution in [2.75, 3.05) is 13.7 Å². The molecule has 0 saturated carbocycles. The maximum Gasteiger partial charge on any atom is 0.226 e. The summed E-state index contributed by atoms with van der Waals surface area (Å²) >= 11 is 0. The third-order valence-electron chi connectivity index (χ3n) is 3.58. The highest BCUT2D eigenvalue weighted by Gasteiger charge is 2.15. The molecule has 1 aromatic heterocycles. The van der Waals surface area contributed by atoms with E-state index < -0.39 is 0 Å². The van der Waals surface area contributed by atoms with Gasteiger partial charge in [0, 0.05) is 24.7 Å². The molecule has 22 heavy (non-hydrogen) atoms. The Hall–Kier alpha value is -1.81. The van der Waals surface area contributed by atoms with E-state index in [9.17, 15) is 0 Å². The quantitative estimate of drug-likeness (QED) is 0.767. The van der Waals surface area contributed by atoms with Gasteiger partial charge in [0.25, 0.3) is 0 Å². The van der Waals surface area contributed by atoms with E-state index in [2.05, 4.69) is 37.6 Å². The zero-order valence-electron chi connectivity index (χ0n) is 14.2. The lowest BCUT2D eigenvalue weighted by Gasteiger charge is -2.27. The molecule has 2 rings (SSSR count). The number of aromatic nitrogens is 1. The highest BCUT2D eigenvalue weighted by atomic mass is 16.5. The molecule has 1 aromatic carbocycles. The fraction of sp³-hybridized carbons (Fsp3) is 0.500. The molecule has 0 aliphatic heterocycles. The second-order valence-electron chi connectivity index (χ2n) is 6.29. The van der Waals surface area contributed by atoms with E-state index >= 15 is 0 Å². The summed E-state index contributed by atoms with van der Waals surface area (Å²) in [6.07, 6.45) is 1.76. The van der Waals surface area contributed by atoms with Gasteiger partial charge in [-0.1, -0.05) is 13.8 Å². The van der Waals surface area contributed by atoms with Crippen LogP contribution in [-0.2, 0) is 6.54 Å². The van der Waals surface area contributed by atoms with Crippen LogP contribution in [0.15, 0.2) is 34.9 Å². The molecule has 0 aliphatic carbocycles. The number of oxazole rings is 1. The molecule has 1 heterocycles. The second kappa shape index (κ2) is 7.45. The highest BCUT2D eigenvalue weighted by Crippen LogP contribution is 2.22. The molecule has 0 fully saturated rings. The normalized spacial score (nSPS) is 11.6. The molecule has 0 unspecified atom stereocenters. The first-order chi connectivity index (χ1) is 10.5. The van der Waals surface area contributed by atoms with E-state index in [1.54, 1.807) is 13.4 Å². The SMILES string of the molecule is COc1ccc(-c2nc(CN(CC(C)C)C(C)C)co2)cc1. The Morgan fingerprint density at radius 1 is 1.14 bits per heavy atom. The molecule has 0 aliphatic rings. The summed E-state index contributed by atoms with van der Waals surface area (Å²) in [5.74, 6) is 2.12. The molecule has 0 bridgehead atoms. The third kappa shape index (κ3) is 4.34. The Morgan fingerprint density at radius 3 is 2.36 bits per heavy atom. The van der Waals surface area contributed by atoms with Gasteiger partial charge in [0.2, 0.25) is 5.89 Å². The van der Waals surface area contributed by atoms with Crippen molar-refractivity contribution >= 4 is 0 Å². The number of nitrogens with zero attached hydrogens (tertiary/aromatic N) is 2. The Bertz CT molecular complexity index is 573. The zero-order valence-corrected chi connectivity index (χ0v) is 14.2. The van der Waals surface area contributed by atoms with Crippen LogP contribution in [0.4, 0.5) is 0 Å². The van der Waals surface area contributed by atoms with Crippen molar-refractivity contribution in [3.8, 4) is 17.2 Å². The van der Waals surface area contributed by atoms with Crippen molar-refractivity contribution in [3.05, 3.63) is 36.2 Å². The molecule has 0 saturated heterocycles. The molecule has 0 radical (unpaired) electrons. The van der Waals surface area contributed by atoms with E-state index in [-0.39, 0.29) is 0 Å². The van der Waals surface area contributed by atoms with Gasteiger partial charge in [0.15, 0.2) is 0 Å². The highest BCUT2D eigenvalue weighted by molar-refractivity contribution is 5.54. The molecule has 0 amide bonds. The Labute approximate surface area is 133 Å². The van der Waals surface area contributed by atoms with Crippen LogP contribution in [0, 0.1) is 5.92 Å². The van der Waals surface area contributed by atoms with Crippen LogP contribution >= 0.6 is 0 Å². The summed E-state index contributed by atoms with van der Waals surface area (Å²) < 4.78 is 10.8. The molecule has 0 N–H and O–H groups in total. The summed E-state index contributed by atoms with van der Waals surface area (Å²) in [5.41, 5.74) is 1.94. The predicted molar refractivity (Wildman–Crippen MR) is 88.9 cm³/mol. The summed E-state index contributed by atoms with van der Waals surface area (Å²) in [6.45, 7) is 10.8. The van der Waals surface area contributed by atoms with E-state index in [0.717, 1.165) is 30.1 Å². The summed E-state index contributed by atoms with van der Waals surface area (Å²) in [6, 6.07) is 8.24. The number of ether oxygens (including phenoxy) is 1. The van der Waals surface area contributed by atoms with Crippen LogP contribution in [0.2, 0.25) is 0 Å². The molecule has 4 nitrogen and oxygen atoms in total. The van der Waals surface area contributed by atoms with Crippen LogP contribution < -0.4 is 4.74 Å². The van der Waals surface area contributed by atoms with E-state index in [0.29, 0.717) is 17.9 Å². The molecule has 2 aromatic rings. The topological polar surface area (TPSA) is 38.5 Å². The standard InChI is InChI=1S/C18H26N2O2/c1-13(2)10-20(14(3)4)11-16-12-22-18(19-16)15-6-8-17(21-5)9-7-15/h6-9,12-14H,10-11H2,1-5H3. The maximum atomic E-state index is 5.63. The zero-order chi connectivity index (χ0) is 16.1. The Balaban J connectivity index is 2.09. The largest absolute Gasteiger partial charge is 0.497 e. The van der Waals surface area contributed by atoms with Crippen molar-refractivity contribution in [2.24, 2.45) is 5.92 Å². The Morgan fingerprint density at radius 2 is 1.82 bits per heavy atom. The first kappa shape index (κ1) is 16.6. The van der Waals surface area contributed by atoms with Crippen molar-refractivity contribution in [3.63, 3.8) is 0 Å². The van der Waals surface area contributed by atoms with Crippen LogP contribution in [0.1, 0.15) is 33.4 Å². The molecular formula is C18H26N2O2. The average molecular weight is 302 g/mol. The first-order valence-corrected chi connectivity index (χ1v) is 7.82. The van der Waals surface area contributed by atoms with Crippen LogP contribution in [-0.4, -0.2) is 29.6 Å². The van der Waals surface area contributed by atoms with E-state index in [1.165, 1.54) is 0 Å². The predicted octanol–water partition coefficient (Wildman–Crippen LogP) is 4.22. The number of methoxy groups -OCH3 is 1. The van der Waals surface area contributed by atoms with Crippen LogP contribution in [0.5, 0.6) is 5.75 Å².